The van der Waals surface area contributed by atoms with Crippen LogP contribution in [0.2, 0.25) is 0 Å². The molecule has 1 aromatic heterocycles. The first-order valence-electron chi connectivity index (χ1n) is 6.18. The van der Waals surface area contributed by atoms with Gasteiger partial charge in [-0.2, -0.15) is 8.42 Å². The summed E-state index contributed by atoms with van der Waals surface area (Å²) in [6, 6.07) is 6.88. The Balaban J connectivity index is 2.24. The van der Waals surface area contributed by atoms with E-state index < -0.39 is 10.0 Å². The van der Waals surface area contributed by atoms with Gasteiger partial charge in [0.25, 0.3) is 10.0 Å². The number of hydrogen-bond donors (Lipinski definition) is 2. The van der Waals surface area contributed by atoms with Gasteiger partial charge < -0.3 is 10.3 Å². The van der Waals surface area contributed by atoms with Crippen molar-refractivity contribution in [3.8, 4) is 0 Å². The molecule has 1 aromatic carbocycles. The fourth-order valence-electron chi connectivity index (χ4n) is 1.72. The van der Waals surface area contributed by atoms with E-state index >= 15 is 0 Å². The van der Waals surface area contributed by atoms with Gasteiger partial charge in [0.15, 0.2) is 5.03 Å². The molecule has 2 aromatic rings. The molecule has 0 aliphatic heterocycles. The monoisotopic (exact) mass is 294 g/mol. The smallest absolute Gasteiger partial charge is 0.280 e. The van der Waals surface area contributed by atoms with E-state index in [1.807, 2.05) is 6.92 Å². The summed E-state index contributed by atoms with van der Waals surface area (Å²) in [6.45, 7) is 3.62. The van der Waals surface area contributed by atoms with Crippen LogP contribution < -0.4 is 10.5 Å². The van der Waals surface area contributed by atoms with Gasteiger partial charge in [0, 0.05) is 25.0 Å². The van der Waals surface area contributed by atoms with Crippen molar-refractivity contribution in [3.05, 3.63) is 41.9 Å². The largest absolute Gasteiger partial charge is 0.337 e. The van der Waals surface area contributed by atoms with Crippen LogP contribution in [0.4, 0.5) is 5.69 Å². The number of aryl methyl sites for hydroxylation is 2. The number of aromatic nitrogens is 2. The van der Waals surface area contributed by atoms with Crippen LogP contribution in [0.5, 0.6) is 0 Å². The summed E-state index contributed by atoms with van der Waals surface area (Å²) < 4.78 is 28.5. The Morgan fingerprint density at radius 2 is 1.90 bits per heavy atom. The van der Waals surface area contributed by atoms with Crippen LogP contribution in [0.15, 0.2) is 35.5 Å². The lowest BCUT2D eigenvalue weighted by atomic mass is 10.1. The first-order chi connectivity index (χ1) is 9.29. The van der Waals surface area contributed by atoms with Gasteiger partial charge in [0.2, 0.25) is 0 Å². The van der Waals surface area contributed by atoms with E-state index in [-0.39, 0.29) is 11.1 Å². The zero-order valence-corrected chi connectivity index (χ0v) is 12.5. The molecule has 0 bridgehead atoms. The highest BCUT2D eigenvalue weighted by molar-refractivity contribution is 7.92. The highest BCUT2D eigenvalue weighted by Crippen LogP contribution is 2.18. The van der Waals surface area contributed by atoms with Gasteiger partial charge in [-0.3, -0.25) is 4.72 Å². The molecule has 0 fully saturated rings. The maximum atomic E-state index is 12.2. The zero-order valence-electron chi connectivity index (χ0n) is 11.7. The van der Waals surface area contributed by atoms with Crippen molar-refractivity contribution in [2.75, 3.05) is 4.72 Å². The summed E-state index contributed by atoms with van der Waals surface area (Å²) in [5.74, 6) is 0.637. The summed E-state index contributed by atoms with van der Waals surface area (Å²) in [5, 5.41) is 0.00812. The summed E-state index contributed by atoms with van der Waals surface area (Å²) in [5.41, 5.74) is 7.18. The minimum Gasteiger partial charge on any atom is -0.337 e. The van der Waals surface area contributed by atoms with Crippen LogP contribution in [0.1, 0.15) is 24.4 Å². The predicted molar refractivity (Wildman–Crippen MR) is 77.8 cm³/mol. The zero-order chi connectivity index (χ0) is 14.9. The molecule has 0 saturated carbocycles. The molecule has 7 heteroatoms. The van der Waals surface area contributed by atoms with Gasteiger partial charge in [-0.25, -0.2) is 4.98 Å². The van der Waals surface area contributed by atoms with Gasteiger partial charge in [-0.05, 0) is 31.5 Å². The minimum atomic E-state index is -3.66. The molecular weight excluding hydrogens is 276 g/mol. The molecule has 1 unspecified atom stereocenters. The first kappa shape index (κ1) is 14.5. The molecule has 0 spiro atoms. The Morgan fingerprint density at radius 3 is 2.35 bits per heavy atom. The summed E-state index contributed by atoms with van der Waals surface area (Å²) in [7, 11) is -1.91. The Hall–Kier alpha value is -1.86. The average molecular weight is 294 g/mol. The van der Waals surface area contributed by atoms with Crippen molar-refractivity contribution in [1.29, 1.82) is 0 Å². The van der Waals surface area contributed by atoms with E-state index in [1.54, 1.807) is 42.8 Å². The van der Waals surface area contributed by atoms with Crippen molar-refractivity contribution in [2.45, 2.75) is 24.9 Å². The Labute approximate surface area is 118 Å². The van der Waals surface area contributed by atoms with E-state index in [0.29, 0.717) is 11.5 Å². The molecule has 1 heterocycles. The molecule has 1 atom stereocenters. The molecule has 0 radical (unpaired) electrons. The first-order valence-corrected chi connectivity index (χ1v) is 7.66. The molecule has 0 saturated heterocycles. The van der Waals surface area contributed by atoms with Crippen LogP contribution in [-0.2, 0) is 17.1 Å². The van der Waals surface area contributed by atoms with E-state index in [0.717, 1.165) is 5.56 Å². The Kier molecular flexibility index (Phi) is 3.82. The lowest BCUT2D eigenvalue weighted by molar-refractivity contribution is 0.598. The maximum absolute atomic E-state index is 12.2. The molecule has 2 rings (SSSR count). The van der Waals surface area contributed by atoms with Crippen LogP contribution in [-0.4, -0.2) is 18.0 Å². The van der Waals surface area contributed by atoms with Crippen LogP contribution in [0.25, 0.3) is 0 Å². The van der Waals surface area contributed by atoms with Crippen LogP contribution in [0, 0.1) is 6.92 Å². The number of imidazole rings is 1. The maximum Gasteiger partial charge on any atom is 0.280 e. The highest BCUT2D eigenvalue weighted by Gasteiger charge is 2.18. The van der Waals surface area contributed by atoms with Gasteiger partial charge in [0.1, 0.15) is 5.82 Å². The van der Waals surface area contributed by atoms with Crippen molar-refractivity contribution in [3.63, 3.8) is 0 Å². The number of benzene rings is 1. The third kappa shape index (κ3) is 3.00. The molecule has 20 heavy (non-hydrogen) atoms. The predicted octanol–water partition coefficient (Wildman–Crippen LogP) is 1.55. The van der Waals surface area contributed by atoms with E-state index in [1.165, 1.54) is 6.20 Å². The van der Waals surface area contributed by atoms with Crippen molar-refractivity contribution >= 4 is 15.7 Å². The standard InChI is InChI=1S/C13H18N4O2S/c1-9(14)11-4-6-12(7-5-11)16-20(18,19)13-8-17(3)10(2)15-13/h4-9,16H,14H2,1-3H3. The van der Waals surface area contributed by atoms with E-state index in [2.05, 4.69) is 9.71 Å². The average Bonchev–Trinajstić information content (AvgIpc) is 2.71. The molecule has 6 nitrogen and oxygen atoms in total. The number of nitrogens with zero attached hydrogens (tertiary/aromatic N) is 2. The van der Waals surface area contributed by atoms with Gasteiger partial charge in [0.05, 0.1) is 0 Å². The number of sulfonamides is 1. The summed E-state index contributed by atoms with van der Waals surface area (Å²) in [4.78, 5) is 4.02. The summed E-state index contributed by atoms with van der Waals surface area (Å²) in [6.07, 6.45) is 1.48. The Bertz CT molecular complexity index is 683. The van der Waals surface area contributed by atoms with Crippen molar-refractivity contribution < 1.29 is 8.42 Å². The topological polar surface area (TPSA) is 90.0 Å². The number of rotatable bonds is 4. The lowest BCUT2D eigenvalue weighted by Gasteiger charge is -2.08. The molecular formula is C13H18N4O2S. The third-order valence-corrected chi connectivity index (χ3v) is 4.30. The van der Waals surface area contributed by atoms with E-state index in [9.17, 15) is 8.42 Å². The minimum absolute atomic E-state index is 0.00812. The molecule has 3 N–H and O–H groups in total. The fourth-order valence-corrected chi connectivity index (χ4v) is 2.82. The number of nitrogens with two attached hydrogens (primary N) is 1. The van der Waals surface area contributed by atoms with Gasteiger partial charge in [-0.15, -0.1) is 0 Å². The number of anilines is 1. The van der Waals surface area contributed by atoms with E-state index in [4.69, 9.17) is 5.73 Å². The Morgan fingerprint density at radius 1 is 1.30 bits per heavy atom. The van der Waals surface area contributed by atoms with Gasteiger partial charge in [-0.1, -0.05) is 12.1 Å². The number of nitrogens with one attached hydrogen (secondary N) is 1. The summed E-state index contributed by atoms with van der Waals surface area (Å²) >= 11 is 0. The fraction of sp³-hybridized carbons (Fsp3) is 0.308. The molecule has 0 aliphatic carbocycles. The SMILES string of the molecule is Cc1nc(S(=O)(=O)Nc2ccc(C(C)N)cc2)cn1C. The normalized spacial score (nSPS) is 13.2. The molecule has 0 amide bonds. The van der Waals surface area contributed by atoms with Crippen molar-refractivity contribution in [2.24, 2.45) is 12.8 Å². The van der Waals surface area contributed by atoms with Gasteiger partial charge >= 0.3 is 0 Å². The second-order valence-corrected chi connectivity index (χ2v) is 6.38. The highest BCUT2D eigenvalue weighted by atomic mass is 32.2. The molecule has 108 valence electrons. The quantitative estimate of drug-likeness (QED) is 0.895. The molecule has 0 aliphatic rings. The van der Waals surface area contributed by atoms with Crippen LogP contribution >= 0.6 is 0 Å². The third-order valence-electron chi connectivity index (χ3n) is 3.05. The number of hydrogen-bond acceptors (Lipinski definition) is 4. The second-order valence-electron chi connectivity index (χ2n) is 4.75. The van der Waals surface area contributed by atoms with Crippen molar-refractivity contribution in [1.82, 2.24) is 9.55 Å². The second kappa shape index (κ2) is 5.26. The van der Waals surface area contributed by atoms with Crippen LogP contribution in [0.3, 0.4) is 0 Å². The lowest BCUT2D eigenvalue weighted by Crippen LogP contribution is -2.13.